The first kappa shape index (κ1) is 16.2. The minimum atomic E-state index is -0.243. The van der Waals surface area contributed by atoms with E-state index in [1.54, 1.807) is 42.5 Å². The van der Waals surface area contributed by atoms with Crippen molar-refractivity contribution >= 4 is 29.3 Å². The number of anilines is 1. The third kappa shape index (κ3) is 3.81. The number of nitrogens with one attached hydrogen (secondary N) is 1. The first-order valence-corrected chi connectivity index (χ1v) is 7.84. The van der Waals surface area contributed by atoms with Gasteiger partial charge in [-0.05, 0) is 55.0 Å². The number of ether oxygens (including phenoxy) is 3. The number of hydrogen-bond acceptors (Lipinski definition) is 4. The molecule has 0 radical (unpaired) electrons. The van der Waals surface area contributed by atoms with Crippen molar-refractivity contribution in [2.75, 3.05) is 18.7 Å². The Morgan fingerprint density at radius 2 is 2.08 bits per heavy atom. The number of carbonyl (C=O) groups excluding carboxylic acids is 1. The zero-order chi connectivity index (χ0) is 16.9. The van der Waals surface area contributed by atoms with Crippen molar-refractivity contribution in [3.05, 3.63) is 53.1 Å². The number of benzene rings is 2. The molecular weight excluding hydrogens is 330 g/mol. The standard InChI is InChI=1S/C18H16ClNO4/c1-2-22-14-6-4-13(5-7-14)20-17(21)8-3-12-9-15(19)18-16(10-12)23-11-24-18/h3-10H,2,11H2,1H3,(H,20,21)/b8-3+. The fourth-order valence-electron chi connectivity index (χ4n) is 2.24. The van der Waals surface area contributed by atoms with Gasteiger partial charge in [-0.1, -0.05) is 11.6 Å². The van der Waals surface area contributed by atoms with Gasteiger partial charge in [0, 0.05) is 11.8 Å². The van der Waals surface area contributed by atoms with Crippen LogP contribution in [0.5, 0.6) is 17.2 Å². The molecule has 1 N–H and O–H groups in total. The Morgan fingerprint density at radius 3 is 2.83 bits per heavy atom. The van der Waals surface area contributed by atoms with Crippen LogP contribution in [0.3, 0.4) is 0 Å². The zero-order valence-corrected chi connectivity index (χ0v) is 13.8. The van der Waals surface area contributed by atoms with E-state index in [2.05, 4.69) is 5.32 Å². The average molecular weight is 346 g/mol. The van der Waals surface area contributed by atoms with Crippen LogP contribution in [0.25, 0.3) is 6.08 Å². The highest BCUT2D eigenvalue weighted by Gasteiger charge is 2.17. The van der Waals surface area contributed by atoms with Crippen molar-refractivity contribution in [2.45, 2.75) is 6.92 Å². The molecule has 24 heavy (non-hydrogen) atoms. The second kappa shape index (κ2) is 7.27. The Bertz CT molecular complexity index is 771. The molecule has 0 atom stereocenters. The van der Waals surface area contributed by atoms with Crippen LogP contribution >= 0.6 is 11.6 Å². The summed E-state index contributed by atoms with van der Waals surface area (Å²) in [5.41, 5.74) is 1.45. The van der Waals surface area contributed by atoms with Gasteiger partial charge in [0.25, 0.3) is 0 Å². The van der Waals surface area contributed by atoms with E-state index in [0.29, 0.717) is 28.8 Å². The molecule has 5 nitrogen and oxygen atoms in total. The smallest absolute Gasteiger partial charge is 0.248 e. The monoisotopic (exact) mass is 345 g/mol. The lowest BCUT2D eigenvalue weighted by Gasteiger charge is -2.05. The van der Waals surface area contributed by atoms with Crippen LogP contribution in [0.2, 0.25) is 5.02 Å². The predicted molar refractivity (Wildman–Crippen MR) is 92.8 cm³/mol. The van der Waals surface area contributed by atoms with Crippen LogP contribution in [0.15, 0.2) is 42.5 Å². The Balaban J connectivity index is 1.64. The van der Waals surface area contributed by atoms with Gasteiger partial charge in [0.05, 0.1) is 11.6 Å². The molecule has 0 aliphatic carbocycles. The Hall–Kier alpha value is -2.66. The fraction of sp³-hybridized carbons (Fsp3) is 0.167. The highest BCUT2D eigenvalue weighted by molar-refractivity contribution is 6.32. The molecule has 1 aliphatic rings. The van der Waals surface area contributed by atoms with E-state index in [-0.39, 0.29) is 12.7 Å². The molecular formula is C18H16ClNO4. The third-order valence-electron chi connectivity index (χ3n) is 3.31. The molecule has 0 spiro atoms. The Kier molecular flexibility index (Phi) is 4.91. The molecule has 1 aliphatic heterocycles. The molecule has 0 unspecified atom stereocenters. The highest BCUT2D eigenvalue weighted by atomic mass is 35.5. The van der Waals surface area contributed by atoms with Crippen molar-refractivity contribution in [2.24, 2.45) is 0 Å². The highest BCUT2D eigenvalue weighted by Crippen LogP contribution is 2.40. The summed E-state index contributed by atoms with van der Waals surface area (Å²) < 4.78 is 15.9. The average Bonchev–Trinajstić information content (AvgIpc) is 3.04. The van der Waals surface area contributed by atoms with E-state index in [4.69, 9.17) is 25.8 Å². The molecule has 6 heteroatoms. The molecule has 0 saturated carbocycles. The van der Waals surface area contributed by atoms with Gasteiger partial charge < -0.3 is 19.5 Å². The van der Waals surface area contributed by atoms with Crippen molar-refractivity contribution < 1.29 is 19.0 Å². The third-order valence-corrected chi connectivity index (χ3v) is 3.59. The fourth-order valence-corrected chi connectivity index (χ4v) is 2.51. The van der Waals surface area contributed by atoms with E-state index in [1.165, 1.54) is 6.08 Å². The molecule has 0 fully saturated rings. The topological polar surface area (TPSA) is 56.8 Å². The van der Waals surface area contributed by atoms with Gasteiger partial charge in [-0.2, -0.15) is 0 Å². The molecule has 0 aromatic heterocycles. The van der Waals surface area contributed by atoms with Gasteiger partial charge in [-0.25, -0.2) is 0 Å². The number of hydrogen-bond donors (Lipinski definition) is 1. The SMILES string of the molecule is CCOc1ccc(NC(=O)/C=C/c2cc(Cl)c3c(c2)OCO3)cc1. The maximum absolute atomic E-state index is 12.0. The van der Waals surface area contributed by atoms with Gasteiger partial charge in [0.2, 0.25) is 12.7 Å². The number of carbonyl (C=O) groups is 1. The molecule has 2 aromatic carbocycles. The second-order valence-electron chi connectivity index (χ2n) is 5.02. The number of fused-ring (bicyclic) bond motifs is 1. The van der Waals surface area contributed by atoms with Crippen LogP contribution in [0, 0.1) is 0 Å². The zero-order valence-electron chi connectivity index (χ0n) is 13.0. The first-order valence-electron chi connectivity index (χ1n) is 7.47. The lowest BCUT2D eigenvalue weighted by Crippen LogP contribution is -2.07. The first-order chi connectivity index (χ1) is 11.7. The van der Waals surface area contributed by atoms with Gasteiger partial charge in [-0.3, -0.25) is 4.79 Å². The van der Waals surface area contributed by atoms with Crippen LogP contribution in [0.1, 0.15) is 12.5 Å². The van der Waals surface area contributed by atoms with E-state index >= 15 is 0 Å². The molecule has 1 amide bonds. The van der Waals surface area contributed by atoms with Gasteiger partial charge in [-0.15, -0.1) is 0 Å². The minimum Gasteiger partial charge on any atom is -0.494 e. The van der Waals surface area contributed by atoms with Crippen molar-refractivity contribution in [1.29, 1.82) is 0 Å². The van der Waals surface area contributed by atoms with Crippen molar-refractivity contribution in [1.82, 2.24) is 0 Å². The summed E-state index contributed by atoms with van der Waals surface area (Å²) >= 11 is 6.11. The molecule has 3 rings (SSSR count). The summed E-state index contributed by atoms with van der Waals surface area (Å²) in [6, 6.07) is 10.7. The summed E-state index contributed by atoms with van der Waals surface area (Å²) in [4.78, 5) is 12.0. The minimum absolute atomic E-state index is 0.153. The van der Waals surface area contributed by atoms with Crippen LogP contribution in [0.4, 0.5) is 5.69 Å². The van der Waals surface area contributed by atoms with Crippen LogP contribution < -0.4 is 19.5 Å². The van der Waals surface area contributed by atoms with E-state index in [0.717, 1.165) is 11.3 Å². The van der Waals surface area contributed by atoms with E-state index < -0.39 is 0 Å². The largest absolute Gasteiger partial charge is 0.494 e. The summed E-state index contributed by atoms with van der Waals surface area (Å²) in [5, 5.41) is 3.23. The molecule has 1 heterocycles. The van der Waals surface area contributed by atoms with Crippen molar-refractivity contribution in [3.8, 4) is 17.2 Å². The number of rotatable bonds is 5. The maximum Gasteiger partial charge on any atom is 0.248 e. The summed E-state index contributed by atoms with van der Waals surface area (Å²) in [6.45, 7) is 2.68. The molecule has 0 bridgehead atoms. The molecule has 124 valence electrons. The van der Waals surface area contributed by atoms with Gasteiger partial charge >= 0.3 is 0 Å². The van der Waals surface area contributed by atoms with E-state index in [9.17, 15) is 4.79 Å². The summed E-state index contributed by atoms with van der Waals surface area (Å²) in [7, 11) is 0. The summed E-state index contributed by atoms with van der Waals surface area (Å²) in [5.74, 6) is 1.63. The summed E-state index contributed by atoms with van der Waals surface area (Å²) in [6.07, 6.45) is 3.10. The Labute approximate surface area is 144 Å². The quantitative estimate of drug-likeness (QED) is 0.828. The van der Waals surface area contributed by atoms with Gasteiger partial charge in [0.15, 0.2) is 11.5 Å². The van der Waals surface area contributed by atoms with Crippen molar-refractivity contribution in [3.63, 3.8) is 0 Å². The predicted octanol–water partition coefficient (Wildman–Crippen LogP) is 4.12. The maximum atomic E-state index is 12.0. The lowest BCUT2D eigenvalue weighted by molar-refractivity contribution is -0.111. The number of halogens is 1. The number of amides is 1. The van der Waals surface area contributed by atoms with Gasteiger partial charge in [0.1, 0.15) is 5.75 Å². The van der Waals surface area contributed by atoms with Crippen LogP contribution in [-0.2, 0) is 4.79 Å². The lowest BCUT2D eigenvalue weighted by atomic mass is 10.2. The van der Waals surface area contributed by atoms with Crippen LogP contribution in [-0.4, -0.2) is 19.3 Å². The second-order valence-corrected chi connectivity index (χ2v) is 5.42. The molecule has 2 aromatic rings. The Morgan fingerprint density at radius 1 is 1.29 bits per heavy atom. The molecule has 0 saturated heterocycles. The van der Waals surface area contributed by atoms with E-state index in [1.807, 2.05) is 6.92 Å². The normalized spacial score (nSPS) is 12.4.